The molecule has 2 nitrogen and oxygen atoms in total. The molecule has 0 bridgehead atoms. The van der Waals surface area contributed by atoms with Gasteiger partial charge in [-0.3, -0.25) is 9.98 Å². The van der Waals surface area contributed by atoms with Gasteiger partial charge in [0, 0.05) is 16.5 Å². The predicted octanol–water partition coefficient (Wildman–Crippen LogP) is 8.39. The Bertz CT molecular complexity index is 811. The third-order valence-electron chi connectivity index (χ3n) is 6.08. The van der Waals surface area contributed by atoms with Crippen LogP contribution in [0.25, 0.3) is 0 Å². The van der Waals surface area contributed by atoms with Crippen molar-refractivity contribution in [1.29, 1.82) is 0 Å². The average Bonchev–Trinajstić information content (AvgIpc) is 2.78. The molecule has 0 unspecified atom stereocenters. The largest absolute Gasteiger partial charge is 0.358 e. The summed E-state index contributed by atoms with van der Waals surface area (Å²) in [5.41, 5.74) is 12.5. The summed E-state index contributed by atoms with van der Waals surface area (Å²) in [6.45, 7) is 17.5. The summed E-state index contributed by atoms with van der Waals surface area (Å²) in [4.78, 5) is 10.2. The van der Waals surface area contributed by atoms with Crippen molar-refractivity contribution in [2.75, 3.05) is 0 Å². The average molecular weight is 478 g/mol. The van der Waals surface area contributed by atoms with Crippen molar-refractivity contribution in [3.8, 4) is 0 Å². The summed E-state index contributed by atoms with van der Waals surface area (Å²) >= 11 is 0. The van der Waals surface area contributed by atoms with Crippen LogP contribution in [0.4, 0.5) is 11.4 Å². The van der Waals surface area contributed by atoms with Crippen molar-refractivity contribution in [3.63, 3.8) is 0 Å². The molecule has 0 heterocycles. The van der Waals surface area contributed by atoms with E-state index in [1.54, 1.807) is 0 Å². The first-order valence-electron chi connectivity index (χ1n) is 11.8. The van der Waals surface area contributed by atoms with Gasteiger partial charge in [0.05, 0.1) is 22.8 Å². The second-order valence-electron chi connectivity index (χ2n) is 8.04. The summed E-state index contributed by atoms with van der Waals surface area (Å²) in [5, 5.41) is 0. The summed E-state index contributed by atoms with van der Waals surface area (Å²) in [6.07, 6.45) is 6.14. The topological polar surface area (TPSA) is 24.7 Å². The zero-order valence-corrected chi connectivity index (χ0v) is 22.8. The number of benzene rings is 2. The Hall–Kier alpha value is -1.73. The Morgan fingerprint density at radius 1 is 0.531 bits per heavy atom. The zero-order valence-electron chi connectivity index (χ0n) is 21.8. The smallest absolute Gasteiger partial charge is 0.0697 e. The van der Waals surface area contributed by atoms with Crippen LogP contribution < -0.4 is 0 Å². The molecule has 0 aliphatic carbocycles. The minimum atomic E-state index is 0. The van der Waals surface area contributed by atoms with E-state index in [2.05, 4.69) is 79.7 Å². The Morgan fingerprint density at radius 3 is 0.969 bits per heavy atom. The van der Waals surface area contributed by atoms with E-state index in [0.29, 0.717) is 0 Å². The number of nitrogens with zero attached hydrogens (tertiary/aromatic N) is 2. The van der Waals surface area contributed by atoms with Gasteiger partial charge in [0.2, 0.25) is 0 Å². The van der Waals surface area contributed by atoms with Gasteiger partial charge in [-0.15, -0.1) is 0 Å². The second kappa shape index (κ2) is 14.4. The van der Waals surface area contributed by atoms with Gasteiger partial charge >= 0.3 is 0 Å². The molecule has 0 aromatic heterocycles. The van der Waals surface area contributed by atoms with Crippen molar-refractivity contribution < 1.29 is 16.5 Å². The summed E-state index contributed by atoms with van der Waals surface area (Å²) < 4.78 is 0. The molecule has 0 saturated heterocycles. The standard InChI is InChI=1S/C28H40N2.CH3.Ni/c1-9-21-15-23(11-3)27(24(12-4)16-21)29-19(7)20(8)30-28-25(13-5)17-22(10-2)18-26(28)14-6;;/h15-18H,9-14H2,1-8H3;1H3;/q;-1;. The third kappa shape index (κ3) is 7.14. The molecule has 2 aromatic carbocycles. The van der Waals surface area contributed by atoms with Gasteiger partial charge in [-0.05, 0) is 85.8 Å². The van der Waals surface area contributed by atoms with Gasteiger partial charge in [-0.1, -0.05) is 65.8 Å². The van der Waals surface area contributed by atoms with Crippen molar-refractivity contribution in [2.45, 2.75) is 93.9 Å². The number of hydrogen-bond acceptors (Lipinski definition) is 2. The molecule has 0 aliphatic rings. The zero-order chi connectivity index (χ0) is 22.3. The van der Waals surface area contributed by atoms with Crippen LogP contribution in [0.3, 0.4) is 0 Å². The van der Waals surface area contributed by atoms with Gasteiger partial charge < -0.3 is 7.43 Å². The molecule has 3 heteroatoms. The first kappa shape index (κ1) is 30.3. The molecule has 0 fully saturated rings. The Morgan fingerprint density at radius 2 is 0.781 bits per heavy atom. The molecule has 0 N–H and O–H groups in total. The van der Waals surface area contributed by atoms with Crippen molar-refractivity contribution >= 4 is 22.8 Å². The number of hydrogen-bond donors (Lipinski definition) is 0. The second-order valence-corrected chi connectivity index (χ2v) is 8.04. The minimum Gasteiger partial charge on any atom is -0.358 e. The van der Waals surface area contributed by atoms with Crippen LogP contribution in [0.2, 0.25) is 0 Å². The maximum absolute atomic E-state index is 5.10. The summed E-state index contributed by atoms with van der Waals surface area (Å²) in [5.74, 6) is 0. The van der Waals surface area contributed by atoms with Crippen LogP contribution in [-0.4, -0.2) is 11.4 Å². The van der Waals surface area contributed by atoms with Crippen molar-refractivity contribution in [1.82, 2.24) is 0 Å². The normalized spacial score (nSPS) is 11.8. The van der Waals surface area contributed by atoms with E-state index in [9.17, 15) is 0 Å². The number of rotatable bonds is 9. The van der Waals surface area contributed by atoms with E-state index < -0.39 is 0 Å². The molecule has 0 amide bonds. The molecule has 180 valence electrons. The van der Waals surface area contributed by atoms with E-state index in [4.69, 9.17) is 9.98 Å². The molecule has 0 radical (unpaired) electrons. The van der Waals surface area contributed by atoms with Gasteiger partial charge in [0.25, 0.3) is 0 Å². The van der Waals surface area contributed by atoms with Crippen LogP contribution in [0, 0.1) is 7.43 Å². The van der Waals surface area contributed by atoms with Gasteiger partial charge in [0.1, 0.15) is 0 Å². The van der Waals surface area contributed by atoms with E-state index in [0.717, 1.165) is 61.3 Å². The minimum absolute atomic E-state index is 0. The molecule has 32 heavy (non-hydrogen) atoms. The maximum atomic E-state index is 5.10. The first-order valence-corrected chi connectivity index (χ1v) is 11.8. The molecule has 0 spiro atoms. The van der Waals surface area contributed by atoms with E-state index in [1.165, 1.54) is 33.4 Å². The molecule has 0 saturated carbocycles. The van der Waals surface area contributed by atoms with Crippen molar-refractivity contribution in [2.24, 2.45) is 9.98 Å². The molecule has 2 aromatic rings. The Labute approximate surface area is 208 Å². The molecule has 0 aliphatic heterocycles. The predicted molar refractivity (Wildman–Crippen MR) is 141 cm³/mol. The maximum Gasteiger partial charge on any atom is 0.0697 e. The Kier molecular flexibility index (Phi) is 13.6. The first-order chi connectivity index (χ1) is 14.4. The SMILES string of the molecule is CCc1cc(CC)c(N=C(C)C(C)=Nc2c(CC)cc(CC)cc2CC)c(CC)c1.[CH3-].[Ni]. The monoisotopic (exact) mass is 477 g/mol. The van der Waals surface area contributed by atoms with Gasteiger partial charge in [-0.2, -0.15) is 0 Å². The van der Waals surface area contributed by atoms with Gasteiger partial charge in [-0.25, -0.2) is 0 Å². The number of aliphatic imine (C=N–C) groups is 2. The van der Waals surface area contributed by atoms with Crippen LogP contribution in [0.15, 0.2) is 34.3 Å². The van der Waals surface area contributed by atoms with Gasteiger partial charge in [0.15, 0.2) is 0 Å². The molecule has 0 atom stereocenters. The van der Waals surface area contributed by atoms with Crippen LogP contribution >= 0.6 is 0 Å². The van der Waals surface area contributed by atoms with E-state index in [-0.39, 0.29) is 23.9 Å². The Balaban J connectivity index is 0.00000480. The summed E-state index contributed by atoms with van der Waals surface area (Å²) in [7, 11) is 0. The van der Waals surface area contributed by atoms with E-state index >= 15 is 0 Å². The quantitative estimate of drug-likeness (QED) is 0.196. The fourth-order valence-electron chi connectivity index (χ4n) is 3.94. The van der Waals surface area contributed by atoms with Crippen LogP contribution in [0.5, 0.6) is 0 Å². The molecular weight excluding hydrogens is 435 g/mol. The van der Waals surface area contributed by atoms with Crippen LogP contribution in [-0.2, 0) is 55.0 Å². The molecular formula is C29H43N2Ni-. The number of aryl methyl sites for hydroxylation is 6. The van der Waals surface area contributed by atoms with Crippen molar-refractivity contribution in [3.05, 3.63) is 65.1 Å². The fourth-order valence-corrected chi connectivity index (χ4v) is 3.94. The summed E-state index contributed by atoms with van der Waals surface area (Å²) in [6, 6.07) is 9.30. The fraction of sp³-hybridized carbons (Fsp3) is 0.483. The van der Waals surface area contributed by atoms with E-state index in [1.807, 2.05) is 0 Å². The third-order valence-corrected chi connectivity index (χ3v) is 6.08. The molecule has 2 rings (SSSR count). The van der Waals surface area contributed by atoms with Crippen LogP contribution in [0.1, 0.15) is 88.8 Å².